The number of carbonyl (C=O) groups excluding carboxylic acids is 1. The van der Waals surface area contributed by atoms with Crippen LogP contribution in [-0.4, -0.2) is 17.7 Å². The van der Waals surface area contributed by atoms with Gasteiger partial charge in [0.15, 0.2) is 0 Å². The van der Waals surface area contributed by atoms with E-state index in [2.05, 4.69) is 5.43 Å². The lowest BCUT2D eigenvalue weighted by Crippen LogP contribution is -2.31. The van der Waals surface area contributed by atoms with E-state index in [4.69, 9.17) is 4.74 Å². The highest BCUT2D eigenvalue weighted by Gasteiger charge is 2.22. The molecule has 1 aromatic carbocycles. The predicted octanol–water partition coefficient (Wildman–Crippen LogP) is 1.99. The molecular weight excluding hydrogens is 180 g/mol. The van der Waals surface area contributed by atoms with Gasteiger partial charge in [-0.05, 0) is 18.6 Å². The lowest BCUT2D eigenvalue weighted by Gasteiger charge is -2.14. The summed E-state index contributed by atoms with van der Waals surface area (Å²) in [5.74, 6) is 0. The first-order valence-corrected chi connectivity index (χ1v) is 4.60. The van der Waals surface area contributed by atoms with Crippen molar-refractivity contribution in [1.82, 2.24) is 5.01 Å². The maximum absolute atomic E-state index is 11.4. The van der Waals surface area contributed by atoms with Gasteiger partial charge in [-0.2, -0.15) is 0 Å². The van der Waals surface area contributed by atoms with Crippen LogP contribution in [0.3, 0.4) is 0 Å². The molecule has 1 N–H and O–H groups in total. The predicted molar refractivity (Wildman–Crippen MR) is 52.6 cm³/mol. The minimum absolute atomic E-state index is 0.330. The number of fused-ring (bicyclic) bond motifs is 1. The Bertz CT molecular complexity index is 327. The molecule has 1 heterocycles. The van der Waals surface area contributed by atoms with E-state index in [1.807, 2.05) is 24.3 Å². The summed E-state index contributed by atoms with van der Waals surface area (Å²) in [7, 11) is 0. The number of ether oxygens (including phenoxy) is 1. The van der Waals surface area contributed by atoms with Crippen LogP contribution in [-0.2, 0) is 11.3 Å². The summed E-state index contributed by atoms with van der Waals surface area (Å²) in [4.78, 5) is 11.4. The number of para-hydroxylation sites is 1. The summed E-state index contributed by atoms with van der Waals surface area (Å²) in [6.07, 6.45) is -0.330. The zero-order valence-corrected chi connectivity index (χ0v) is 7.99. The van der Waals surface area contributed by atoms with Crippen LogP contribution in [0.5, 0.6) is 0 Å². The van der Waals surface area contributed by atoms with Crippen LogP contribution in [0.4, 0.5) is 10.5 Å². The number of amides is 1. The minimum Gasteiger partial charge on any atom is -0.448 e. The fourth-order valence-electron chi connectivity index (χ4n) is 1.43. The van der Waals surface area contributed by atoms with Crippen LogP contribution in [0.15, 0.2) is 24.3 Å². The lowest BCUT2D eigenvalue weighted by atomic mass is 10.2. The first-order valence-electron chi connectivity index (χ1n) is 4.60. The first kappa shape index (κ1) is 8.87. The van der Waals surface area contributed by atoms with E-state index in [0.29, 0.717) is 13.2 Å². The average Bonchev–Trinajstić information content (AvgIpc) is 2.61. The van der Waals surface area contributed by atoms with Crippen LogP contribution >= 0.6 is 0 Å². The van der Waals surface area contributed by atoms with Gasteiger partial charge in [0.1, 0.15) is 0 Å². The van der Waals surface area contributed by atoms with Gasteiger partial charge >= 0.3 is 6.09 Å². The van der Waals surface area contributed by atoms with Crippen molar-refractivity contribution in [2.75, 3.05) is 12.0 Å². The Balaban J connectivity index is 2.08. The van der Waals surface area contributed by atoms with Gasteiger partial charge in [0.05, 0.1) is 18.8 Å². The molecule has 0 fully saturated rings. The highest BCUT2D eigenvalue weighted by atomic mass is 16.6. The number of nitrogens with one attached hydrogen (secondary N) is 1. The maximum Gasteiger partial charge on any atom is 0.428 e. The van der Waals surface area contributed by atoms with E-state index in [9.17, 15) is 4.79 Å². The molecule has 0 atom stereocenters. The third-order valence-electron chi connectivity index (χ3n) is 2.09. The van der Waals surface area contributed by atoms with E-state index in [1.54, 1.807) is 6.92 Å². The van der Waals surface area contributed by atoms with Crippen LogP contribution in [0.1, 0.15) is 12.5 Å². The second kappa shape index (κ2) is 3.57. The Kier molecular flexibility index (Phi) is 2.26. The summed E-state index contributed by atoms with van der Waals surface area (Å²) in [5, 5.41) is 1.47. The van der Waals surface area contributed by atoms with E-state index in [0.717, 1.165) is 11.3 Å². The Morgan fingerprint density at radius 1 is 1.57 bits per heavy atom. The third kappa shape index (κ3) is 1.51. The average molecular weight is 192 g/mol. The van der Waals surface area contributed by atoms with Crippen molar-refractivity contribution in [2.45, 2.75) is 13.5 Å². The highest BCUT2D eigenvalue weighted by molar-refractivity contribution is 5.73. The number of carbonyl (C=O) groups is 1. The van der Waals surface area contributed by atoms with Gasteiger partial charge in [0.2, 0.25) is 0 Å². The van der Waals surface area contributed by atoms with Gasteiger partial charge < -0.3 is 4.74 Å². The molecule has 1 aliphatic rings. The fraction of sp³-hybridized carbons (Fsp3) is 0.300. The Hall–Kier alpha value is -1.71. The van der Waals surface area contributed by atoms with E-state index in [1.165, 1.54) is 5.01 Å². The summed E-state index contributed by atoms with van der Waals surface area (Å²) in [6.45, 7) is 2.75. The van der Waals surface area contributed by atoms with Crippen LogP contribution in [0.25, 0.3) is 0 Å². The molecule has 1 amide bonds. The molecule has 2 rings (SSSR count). The number of anilines is 1. The van der Waals surface area contributed by atoms with E-state index in [-0.39, 0.29) is 6.09 Å². The molecule has 0 bridgehead atoms. The summed E-state index contributed by atoms with van der Waals surface area (Å²) in [6, 6.07) is 7.81. The van der Waals surface area contributed by atoms with Crippen molar-refractivity contribution in [3.63, 3.8) is 0 Å². The zero-order valence-electron chi connectivity index (χ0n) is 7.99. The quantitative estimate of drug-likeness (QED) is 0.739. The van der Waals surface area contributed by atoms with Crippen LogP contribution in [0.2, 0.25) is 0 Å². The Morgan fingerprint density at radius 2 is 2.36 bits per heavy atom. The molecule has 4 nitrogen and oxygen atoms in total. The molecule has 4 heteroatoms. The fourth-order valence-corrected chi connectivity index (χ4v) is 1.43. The normalized spacial score (nSPS) is 13.4. The van der Waals surface area contributed by atoms with Crippen molar-refractivity contribution >= 4 is 11.8 Å². The molecular formula is C10H12N2O2. The second-order valence-corrected chi connectivity index (χ2v) is 3.05. The molecule has 74 valence electrons. The van der Waals surface area contributed by atoms with Gasteiger partial charge in [-0.15, -0.1) is 0 Å². The second-order valence-electron chi connectivity index (χ2n) is 3.05. The minimum atomic E-state index is -0.330. The van der Waals surface area contributed by atoms with Crippen LogP contribution in [0, 0.1) is 0 Å². The molecule has 14 heavy (non-hydrogen) atoms. The van der Waals surface area contributed by atoms with E-state index < -0.39 is 0 Å². The van der Waals surface area contributed by atoms with Gasteiger partial charge in [-0.1, -0.05) is 18.2 Å². The lowest BCUT2D eigenvalue weighted by molar-refractivity contribution is 0.116. The van der Waals surface area contributed by atoms with Gasteiger partial charge in [-0.25, -0.2) is 9.80 Å². The monoisotopic (exact) mass is 192 g/mol. The highest BCUT2D eigenvalue weighted by Crippen LogP contribution is 2.24. The summed E-state index contributed by atoms with van der Waals surface area (Å²) < 4.78 is 4.88. The van der Waals surface area contributed by atoms with Gasteiger partial charge in [-0.3, -0.25) is 5.43 Å². The molecule has 0 unspecified atom stereocenters. The number of hydrazine groups is 1. The number of rotatable bonds is 1. The van der Waals surface area contributed by atoms with Gasteiger partial charge in [0, 0.05) is 0 Å². The third-order valence-corrected chi connectivity index (χ3v) is 2.09. The van der Waals surface area contributed by atoms with Crippen molar-refractivity contribution in [3.05, 3.63) is 29.8 Å². The number of hydrogen-bond donors (Lipinski definition) is 1. The summed E-state index contributed by atoms with van der Waals surface area (Å²) >= 11 is 0. The van der Waals surface area contributed by atoms with E-state index >= 15 is 0 Å². The topological polar surface area (TPSA) is 41.6 Å². The smallest absolute Gasteiger partial charge is 0.428 e. The largest absolute Gasteiger partial charge is 0.448 e. The molecule has 0 aliphatic carbocycles. The molecule has 1 aliphatic heterocycles. The molecule has 0 radical (unpaired) electrons. The number of benzene rings is 1. The van der Waals surface area contributed by atoms with Crippen LogP contribution < -0.4 is 5.43 Å². The Morgan fingerprint density at radius 3 is 3.07 bits per heavy atom. The SMILES string of the molecule is CCOC(=O)N1Cc2ccccc2N1. The molecule has 0 spiro atoms. The molecule has 0 saturated heterocycles. The summed E-state index contributed by atoms with van der Waals surface area (Å²) in [5.41, 5.74) is 5.06. The number of hydrogen-bond acceptors (Lipinski definition) is 3. The van der Waals surface area contributed by atoms with Gasteiger partial charge in [0.25, 0.3) is 0 Å². The molecule has 1 aromatic rings. The maximum atomic E-state index is 11.4. The number of nitrogens with zero attached hydrogens (tertiary/aromatic N) is 1. The van der Waals surface area contributed by atoms with Crippen molar-refractivity contribution in [3.8, 4) is 0 Å². The van der Waals surface area contributed by atoms with Crippen molar-refractivity contribution < 1.29 is 9.53 Å². The Labute approximate surface area is 82.4 Å². The molecule has 0 saturated carbocycles. The molecule has 0 aromatic heterocycles. The zero-order chi connectivity index (χ0) is 9.97. The van der Waals surface area contributed by atoms with Crippen molar-refractivity contribution in [1.29, 1.82) is 0 Å². The van der Waals surface area contributed by atoms with Crippen molar-refractivity contribution in [2.24, 2.45) is 0 Å². The first-order chi connectivity index (χ1) is 6.81. The standard InChI is InChI=1S/C10H12N2O2/c1-2-14-10(13)12-7-8-5-3-4-6-9(8)11-12/h3-6,11H,2,7H2,1H3.